The number of rotatable bonds is 8. The topological polar surface area (TPSA) is 98.7 Å². The van der Waals surface area contributed by atoms with Gasteiger partial charge in [0.1, 0.15) is 12.0 Å². The van der Waals surface area contributed by atoms with Gasteiger partial charge in [-0.2, -0.15) is 0 Å². The lowest BCUT2D eigenvalue weighted by molar-refractivity contribution is -0.132. The van der Waals surface area contributed by atoms with Crippen LogP contribution in [-0.2, 0) is 24.2 Å². The average Bonchev–Trinajstić information content (AvgIpc) is 2.79. The molecule has 1 aliphatic heterocycles. The molecule has 0 spiro atoms. The highest BCUT2D eigenvalue weighted by Crippen LogP contribution is 2.33. The molecule has 0 saturated heterocycles. The van der Waals surface area contributed by atoms with Crippen LogP contribution in [0, 0.1) is 5.92 Å². The Bertz CT molecular complexity index is 992. The SMILES string of the molecule is CC(=O)N(C)C1CC(Cc2cc(C(=O)NC[C@H](O)CN3CCc4ccccc4C3)ncn2)C1. The van der Waals surface area contributed by atoms with Crippen molar-refractivity contribution in [3.05, 3.63) is 59.2 Å². The minimum Gasteiger partial charge on any atom is -0.390 e. The van der Waals surface area contributed by atoms with Crippen LogP contribution in [0.2, 0.25) is 0 Å². The van der Waals surface area contributed by atoms with Gasteiger partial charge in [0.05, 0.1) is 6.10 Å². The van der Waals surface area contributed by atoms with E-state index in [1.807, 2.05) is 13.1 Å². The standard InChI is InChI=1S/C25H33N5O3/c1-17(31)29(2)22-10-18(11-22)9-21-12-24(28-16-27-21)25(33)26-13-23(32)15-30-8-7-19-5-3-4-6-20(19)14-30/h3-6,12,16,18,22-23,32H,7-11,13-15H2,1-2H3,(H,26,33)/t18?,22?,23-/m0/s1. The molecular formula is C25H33N5O3. The number of carbonyl (C=O) groups is 2. The van der Waals surface area contributed by atoms with Crippen molar-refractivity contribution in [1.82, 2.24) is 25.1 Å². The van der Waals surface area contributed by atoms with Crippen LogP contribution in [0.15, 0.2) is 36.7 Å². The smallest absolute Gasteiger partial charge is 0.270 e. The Kier molecular flexibility index (Phi) is 7.35. The fraction of sp³-hybridized carbons (Fsp3) is 0.520. The molecule has 0 unspecified atom stereocenters. The molecule has 0 radical (unpaired) electrons. The number of carbonyl (C=O) groups excluding carboxylic acids is 2. The highest BCUT2D eigenvalue weighted by molar-refractivity contribution is 5.92. The van der Waals surface area contributed by atoms with E-state index in [9.17, 15) is 14.7 Å². The predicted octanol–water partition coefficient (Wildman–Crippen LogP) is 1.43. The van der Waals surface area contributed by atoms with Crippen LogP contribution in [0.25, 0.3) is 0 Å². The first-order valence-electron chi connectivity index (χ1n) is 11.7. The molecule has 2 aliphatic rings. The molecule has 1 saturated carbocycles. The van der Waals surface area contributed by atoms with Gasteiger partial charge in [0.2, 0.25) is 5.91 Å². The Labute approximate surface area is 195 Å². The van der Waals surface area contributed by atoms with Crippen molar-refractivity contribution in [1.29, 1.82) is 0 Å². The third-order valence-electron chi connectivity index (χ3n) is 6.89. The quantitative estimate of drug-likeness (QED) is 0.630. The van der Waals surface area contributed by atoms with Crippen molar-refractivity contribution in [2.45, 2.75) is 51.3 Å². The van der Waals surface area contributed by atoms with E-state index >= 15 is 0 Å². The Balaban J connectivity index is 1.22. The molecule has 1 atom stereocenters. The van der Waals surface area contributed by atoms with Crippen molar-refractivity contribution < 1.29 is 14.7 Å². The summed E-state index contributed by atoms with van der Waals surface area (Å²) >= 11 is 0. The molecule has 0 bridgehead atoms. The number of aliphatic hydroxyl groups is 1. The lowest BCUT2D eigenvalue weighted by Crippen LogP contribution is -2.45. The Morgan fingerprint density at radius 1 is 1.24 bits per heavy atom. The van der Waals surface area contributed by atoms with Crippen LogP contribution in [0.1, 0.15) is 47.1 Å². The molecule has 1 aromatic carbocycles. The van der Waals surface area contributed by atoms with E-state index in [2.05, 4.69) is 38.4 Å². The lowest BCUT2D eigenvalue weighted by atomic mass is 9.76. The van der Waals surface area contributed by atoms with Gasteiger partial charge in [-0.05, 0) is 48.8 Å². The van der Waals surface area contributed by atoms with E-state index in [0.717, 1.165) is 44.5 Å². The molecule has 2 amide bonds. The molecule has 1 aromatic heterocycles. The van der Waals surface area contributed by atoms with E-state index in [4.69, 9.17) is 0 Å². The largest absolute Gasteiger partial charge is 0.390 e. The Morgan fingerprint density at radius 2 is 2.00 bits per heavy atom. The minimum absolute atomic E-state index is 0.0896. The number of hydrogen-bond acceptors (Lipinski definition) is 6. The number of amides is 2. The number of benzene rings is 1. The Hall–Kier alpha value is -2.84. The second-order valence-corrected chi connectivity index (χ2v) is 9.34. The monoisotopic (exact) mass is 451 g/mol. The molecular weight excluding hydrogens is 418 g/mol. The van der Waals surface area contributed by atoms with Gasteiger partial charge in [-0.3, -0.25) is 14.5 Å². The molecule has 1 aliphatic carbocycles. The summed E-state index contributed by atoms with van der Waals surface area (Å²) in [6, 6.07) is 10.4. The second-order valence-electron chi connectivity index (χ2n) is 9.34. The third-order valence-corrected chi connectivity index (χ3v) is 6.89. The zero-order chi connectivity index (χ0) is 23.4. The molecule has 1 fully saturated rings. The molecule has 2 N–H and O–H groups in total. The van der Waals surface area contributed by atoms with Crippen molar-refractivity contribution in [3.8, 4) is 0 Å². The summed E-state index contributed by atoms with van der Waals surface area (Å²) < 4.78 is 0. The van der Waals surface area contributed by atoms with Gasteiger partial charge in [-0.15, -0.1) is 0 Å². The van der Waals surface area contributed by atoms with Crippen LogP contribution in [-0.4, -0.2) is 75.5 Å². The Morgan fingerprint density at radius 3 is 2.76 bits per heavy atom. The zero-order valence-electron chi connectivity index (χ0n) is 19.4. The third kappa shape index (κ3) is 5.94. The predicted molar refractivity (Wildman–Crippen MR) is 124 cm³/mol. The molecule has 4 rings (SSSR count). The maximum Gasteiger partial charge on any atom is 0.270 e. The number of fused-ring (bicyclic) bond motifs is 1. The van der Waals surface area contributed by atoms with E-state index in [1.165, 1.54) is 17.5 Å². The summed E-state index contributed by atoms with van der Waals surface area (Å²) in [5, 5.41) is 13.3. The molecule has 176 valence electrons. The maximum atomic E-state index is 12.6. The van der Waals surface area contributed by atoms with E-state index in [0.29, 0.717) is 24.2 Å². The summed E-state index contributed by atoms with van der Waals surface area (Å²) in [5.74, 6) is 0.246. The number of hydrogen-bond donors (Lipinski definition) is 2. The van der Waals surface area contributed by atoms with Crippen LogP contribution in [0.3, 0.4) is 0 Å². The summed E-state index contributed by atoms with van der Waals surface area (Å²) in [4.78, 5) is 36.5. The summed E-state index contributed by atoms with van der Waals surface area (Å²) in [5.41, 5.74) is 3.83. The van der Waals surface area contributed by atoms with E-state index < -0.39 is 6.10 Å². The molecule has 33 heavy (non-hydrogen) atoms. The first-order chi connectivity index (χ1) is 15.9. The molecule has 2 aromatic rings. The van der Waals surface area contributed by atoms with Crippen molar-refractivity contribution in [2.75, 3.05) is 26.7 Å². The van der Waals surface area contributed by atoms with Crippen molar-refractivity contribution in [3.63, 3.8) is 0 Å². The fourth-order valence-electron chi connectivity index (χ4n) is 4.74. The van der Waals surface area contributed by atoms with E-state index in [1.54, 1.807) is 17.9 Å². The fourth-order valence-corrected chi connectivity index (χ4v) is 4.74. The summed E-state index contributed by atoms with van der Waals surface area (Å²) in [7, 11) is 1.84. The van der Waals surface area contributed by atoms with Crippen molar-refractivity contribution >= 4 is 11.8 Å². The van der Waals surface area contributed by atoms with Crippen LogP contribution in [0.5, 0.6) is 0 Å². The lowest BCUT2D eigenvalue weighted by Gasteiger charge is -2.40. The minimum atomic E-state index is -0.648. The van der Waals surface area contributed by atoms with Gasteiger partial charge in [-0.1, -0.05) is 24.3 Å². The summed E-state index contributed by atoms with van der Waals surface area (Å²) in [6.07, 6.45) is 4.43. The van der Waals surface area contributed by atoms with Gasteiger partial charge < -0.3 is 15.3 Å². The number of aliphatic hydroxyl groups excluding tert-OH is 1. The first kappa shape index (κ1) is 23.3. The number of β-amino-alcohol motifs (C(OH)–C–C–N with tert-alkyl or cyclic N) is 1. The maximum absolute atomic E-state index is 12.6. The number of nitrogens with zero attached hydrogens (tertiary/aromatic N) is 4. The summed E-state index contributed by atoms with van der Waals surface area (Å²) in [6.45, 7) is 4.01. The average molecular weight is 452 g/mol. The molecule has 8 nitrogen and oxygen atoms in total. The second kappa shape index (κ2) is 10.4. The highest BCUT2D eigenvalue weighted by Gasteiger charge is 2.33. The molecule has 8 heteroatoms. The van der Waals surface area contributed by atoms with Crippen molar-refractivity contribution in [2.24, 2.45) is 5.92 Å². The zero-order valence-corrected chi connectivity index (χ0v) is 19.4. The highest BCUT2D eigenvalue weighted by atomic mass is 16.3. The van der Waals surface area contributed by atoms with Crippen LogP contribution in [0.4, 0.5) is 0 Å². The van der Waals surface area contributed by atoms with Crippen LogP contribution >= 0.6 is 0 Å². The van der Waals surface area contributed by atoms with Gasteiger partial charge in [0.25, 0.3) is 5.91 Å². The van der Waals surface area contributed by atoms with Gasteiger partial charge >= 0.3 is 0 Å². The van der Waals surface area contributed by atoms with Crippen LogP contribution < -0.4 is 5.32 Å². The van der Waals surface area contributed by atoms with Gasteiger partial charge in [0.15, 0.2) is 0 Å². The molecule has 2 heterocycles. The van der Waals surface area contributed by atoms with Gasteiger partial charge in [-0.25, -0.2) is 9.97 Å². The van der Waals surface area contributed by atoms with Gasteiger partial charge in [0, 0.05) is 51.9 Å². The van der Waals surface area contributed by atoms with E-state index in [-0.39, 0.29) is 18.4 Å². The number of nitrogens with one attached hydrogen (secondary N) is 1. The first-order valence-corrected chi connectivity index (χ1v) is 11.7. The normalized spacial score (nSPS) is 20.9. The number of aromatic nitrogens is 2.